The lowest BCUT2D eigenvalue weighted by Gasteiger charge is -2.09. The number of hydrogen-bond acceptors (Lipinski definition) is 2. The molecule has 2 nitrogen and oxygen atoms in total. The molecule has 0 amide bonds. The molecular weight excluding hydrogens is 253 g/mol. The number of rotatable bonds is 3. The summed E-state index contributed by atoms with van der Waals surface area (Å²) in [6.45, 7) is 2.39. The van der Waals surface area contributed by atoms with E-state index in [1.54, 1.807) is 12.4 Å². The van der Waals surface area contributed by atoms with E-state index in [0.29, 0.717) is 6.54 Å². The van der Waals surface area contributed by atoms with Crippen molar-refractivity contribution in [2.75, 3.05) is 5.32 Å². The lowest BCUT2D eigenvalue weighted by atomic mass is 10.1. The number of benzene rings is 1. The number of nitrogens with zero attached hydrogens (tertiary/aromatic N) is 1. The maximum Gasteiger partial charge on any atom is 0.416 e. The second-order valence-corrected chi connectivity index (χ2v) is 4.30. The standard InChI is InChI=1S/C14H13F3N2/c1-10-6-13(9-18-7-10)19-8-11-2-4-12(5-3-11)14(15,16)17/h2-7,9,19H,8H2,1H3. The van der Waals surface area contributed by atoms with Crippen LogP contribution in [0.2, 0.25) is 0 Å². The molecule has 0 aliphatic carbocycles. The van der Waals surface area contributed by atoms with Crippen molar-refractivity contribution in [2.45, 2.75) is 19.6 Å². The average molecular weight is 266 g/mol. The third kappa shape index (κ3) is 3.71. The van der Waals surface area contributed by atoms with Gasteiger partial charge in [0.2, 0.25) is 0 Å². The average Bonchev–Trinajstić information content (AvgIpc) is 2.36. The Hall–Kier alpha value is -2.04. The summed E-state index contributed by atoms with van der Waals surface area (Å²) in [4.78, 5) is 4.03. The SMILES string of the molecule is Cc1cncc(NCc2ccc(C(F)(F)F)cc2)c1. The molecule has 2 aromatic rings. The lowest BCUT2D eigenvalue weighted by Crippen LogP contribution is -2.05. The quantitative estimate of drug-likeness (QED) is 0.907. The maximum absolute atomic E-state index is 12.4. The number of nitrogens with one attached hydrogen (secondary N) is 1. The van der Waals surface area contributed by atoms with Crippen LogP contribution in [0.25, 0.3) is 0 Å². The van der Waals surface area contributed by atoms with E-state index in [1.807, 2.05) is 13.0 Å². The number of pyridine rings is 1. The first-order chi connectivity index (χ1) is 8.95. The fourth-order valence-corrected chi connectivity index (χ4v) is 1.67. The highest BCUT2D eigenvalue weighted by Crippen LogP contribution is 2.29. The van der Waals surface area contributed by atoms with Crippen LogP contribution in [0.5, 0.6) is 0 Å². The van der Waals surface area contributed by atoms with Gasteiger partial charge >= 0.3 is 6.18 Å². The largest absolute Gasteiger partial charge is 0.416 e. The van der Waals surface area contributed by atoms with Gasteiger partial charge in [0.1, 0.15) is 0 Å². The summed E-state index contributed by atoms with van der Waals surface area (Å²) in [6.07, 6.45) is -0.868. The minimum absolute atomic E-state index is 0.462. The van der Waals surface area contributed by atoms with Gasteiger partial charge in [0.25, 0.3) is 0 Å². The molecule has 1 aromatic heterocycles. The maximum atomic E-state index is 12.4. The summed E-state index contributed by atoms with van der Waals surface area (Å²) < 4.78 is 37.2. The zero-order chi connectivity index (χ0) is 13.9. The van der Waals surface area contributed by atoms with Crippen LogP contribution in [-0.2, 0) is 12.7 Å². The summed E-state index contributed by atoms with van der Waals surface area (Å²) in [5.41, 5.74) is 2.03. The van der Waals surface area contributed by atoms with E-state index in [-0.39, 0.29) is 0 Å². The Kier molecular flexibility index (Phi) is 3.74. The summed E-state index contributed by atoms with van der Waals surface area (Å²) in [5.74, 6) is 0. The second kappa shape index (κ2) is 5.30. The molecule has 2 rings (SSSR count). The molecule has 19 heavy (non-hydrogen) atoms. The summed E-state index contributed by atoms with van der Waals surface area (Å²) in [7, 11) is 0. The number of hydrogen-bond donors (Lipinski definition) is 1. The van der Waals surface area contributed by atoms with Gasteiger partial charge in [-0.05, 0) is 36.2 Å². The van der Waals surface area contributed by atoms with Crippen molar-refractivity contribution in [1.82, 2.24) is 4.98 Å². The first-order valence-electron chi connectivity index (χ1n) is 5.77. The number of alkyl halides is 3. The van der Waals surface area contributed by atoms with Crippen LogP contribution in [0.15, 0.2) is 42.7 Å². The van der Waals surface area contributed by atoms with Crippen molar-refractivity contribution in [2.24, 2.45) is 0 Å². The minimum atomic E-state index is -4.29. The fraction of sp³-hybridized carbons (Fsp3) is 0.214. The van der Waals surface area contributed by atoms with Gasteiger partial charge in [-0.1, -0.05) is 12.1 Å². The van der Waals surface area contributed by atoms with Gasteiger partial charge in [0.15, 0.2) is 0 Å². The van der Waals surface area contributed by atoms with E-state index >= 15 is 0 Å². The zero-order valence-electron chi connectivity index (χ0n) is 10.3. The van der Waals surface area contributed by atoms with E-state index in [1.165, 1.54) is 12.1 Å². The van der Waals surface area contributed by atoms with Crippen molar-refractivity contribution in [3.63, 3.8) is 0 Å². The van der Waals surface area contributed by atoms with Crippen LogP contribution >= 0.6 is 0 Å². The Balaban J connectivity index is 2.01. The zero-order valence-corrected chi connectivity index (χ0v) is 10.3. The van der Waals surface area contributed by atoms with E-state index < -0.39 is 11.7 Å². The van der Waals surface area contributed by atoms with Crippen LogP contribution in [0, 0.1) is 6.92 Å². The van der Waals surface area contributed by atoms with Crippen molar-refractivity contribution >= 4 is 5.69 Å². The molecule has 1 heterocycles. The van der Waals surface area contributed by atoms with Crippen molar-refractivity contribution in [1.29, 1.82) is 0 Å². The van der Waals surface area contributed by atoms with Gasteiger partial charge in [0, 0.05) is 18.9 Å². The summed E-state index contributed by atoms with van der Waals surface area (Å²) in [5, 5.41) is 3.12. The Morgan fingerprint density at radius 2 is 1.79 bits per heavy atom. The molecule has 0 bridgehead atoms. The van der Waals surface area contributed by atoms with Gasteiger partial charge in [0.05, 0.1) is 11.3 Å². The lowest BCUT2D eigenvalue weighted by molar-refractivity contribution is -0.137. The number of anilines is 1. The summed E-state index contributed by atoms with van der Waals surface area (Å²) in [6, 6.07) is 7.05. The van der Waals surface area contributed by atoms with Crippen molar-refractivity contribution in [3.8, 4) is 0 Å². The normalized spacial score (nSPS) is 11.4. The third-order valence-corrected chi connectivity index (χ3v) is 2.65. The van der Waals surface area contributed by atoms with Gasteiger partial charge in [-0.3, -0.25) is 4.98 Å². The van der Waals surface area contributed by atoms with Crippen LogP contribution in [0.4, 0.5) is 18.9 Å². The topological polar surface area (TPSA) is 24.9 Å². The monoisotopic (exact) mass is 266 g/mol. The van der Waals surface area contributed by atoms with Gasteiger partial charge in [-0.25, -0.2) is 0 Å². The number of halogens is 3. The summed E-state index contributed by atoms with van der Waals surface area (Å²) >= 11 is 0. The Bertz CT molecular complexity index is 547. The molecular formula is C14H13F3N2. The van der Waals surface area contributed by atoms with Gasteiger partial charge < -0.3 is 5.32 Å². The smallest absolute Gasteiger partial charge is 0.380 e. The highest BCUT2D eigenvalue weighted by molar-refractivity contribution is 5.43. The second-order valence-electron chi connectivity index (χ2n) is 4.30. The van der Waals surface area contributed by atoms with Crippen LogP contribution in [0.1, 0.15) is 16.7 Å². The van der Waals surface area contributed by atoms with E-state index in [4.69, 9.17) is 0 Å². The molecule has 1 N–H and O–H groups in total. The molecule has 1 aromatic carbocycles. The van der Waals surface area contributed by atoms with E-state index in [2.05, 4.69) is 10.3 Å². The van der Waals surface area contributed by atoms with Crippen LogP contribution in [-0.4, -0.2) is 4.98 Å². The molecule has 0 atom stereocenters. The highest BCUT2D eigenvalue weighted by Gasteiger charge is 2.29. The van der Waals surface area contributed by atoms with Crippen LogP contribution in [0.3, 0.4) is 0 Å². The highest BCUT2D eigenvalue weighted by atomic mass is 19.4. The molecule has 0 radical (unpaired) electrons. The van der Waals surface area contributed by atoms with Gasteiger partial charge in [-0.2, -0.15) is 13.2 Å². The molecule has 0 aliphatic heterocycles. The Labute approximate surface area is 109 Å². The number of aryl methyl sites for hydroxylation is 1. The van der Waals surface area contributed by atoms with Crippen molar-refractivity contribution < 1.29 is 13.2 Å². The molecule has 0 aliphatic rings. The molecule has 0 spiro atoms. The van der Waals surface area contributed by atoms with Crippen molar-refractivity contribution in [3.05, 3.63) is 59.4 Å². The molecule has 0 unspecified atom stereocenters. The number of aromatic nitrogens is 1. The molecule has 0 saturated heterocycles. The van der Waals surface area contributed by atoms with Crippen LogP contribution < -0.4 is 5.32 Å². The van der Waals surface area contributed by atoms with Gasteiger partial charge in [-0.15, -0.1) is 0 Å². The van der Waals surface area contributed by atoms with E-state index in [9.17, 15) is 13.2 Å². The first kappa shape index (κ1) is 13.4. The first-order valence-corrected chi connectivity index (χ1v) is 5.77. The Morgan fingerprint density at radius 3 is 2.37 bits per heavy atom. The molecule has 0 fully saturated rings. The molecule has 5 heteroatoms. The van der Waals surface area contributed by atoms with E-state index in [0.717, 1.165) is 28.9 Å². The Morgan fingerprint density at radius 1 is 1.11 bits per heavy atom. The third-order valence-electron chi connectivity index (χ3n) is 2.65. The predicted octanol–water partition coefficient (Wildman–Crippen LogP) is 4.02. The molecule has 0 saturated carbocycles. The minimum Gasteiger partial charge on any atom is -0.380 e. The predicted molar refractivity (Wildman–Crippen MR) is 67.7 cm³/mol. The fourth-order valence-electron chi connectivity index (χ4n) is 1.67. The molecule has 100 valence electrons.